The van der Waals surface area contributed by atoms with Crippen molar-refractivity contribution in [1.82, 2.24) is 10.2 Å². The summed E-state index contributed by atoms with van der Waals surface area (Å²) in [6.07, 6.45) is 0.708. The molecule has 0 unspecified atom stereocenters. The zero-order valence-electron chi connectivity index (χ0n) is 21.5. The second kappa shape index (κ2) is 13.1. The number of halogens is 2. The van der Waals surface area contributed by atoms with Gasteiger partial charge in [0.05, 0.1) is 10.6 Å². The molecular formula is C28H31Cl2N3O4S. The fraction of sp³-hybridized carbons (Fsp3) is 0.286. The first-order valence-corrected chi connectivity index (χ1v) is 14.4. The summed E-state index contributed by atoms with van der Waals surface area (Å²) in [5, 5.41) is 3.56. The van der Waals surface area contributed by atoms with Gasteiger partial charge in [0.15, 0.2) is 0 Å². The second-order valence-corrected chi connectivity index (χ2v) is 11.6. The molecule has 0 aromatic heterocycles. The highest BCUT2D eigenvalue weighted by Crippen LogP contribution is 2.28. The zero-order chi connectivity index (χ0) is 27.9. The van der Waals surface area contributed by atoms with E-state index < -0.39 is 28.5 Å². The summed E-state index contributed by atoms with van der Waals surface area (Å²) >= 11 is 12.8. The van der Waals surface area contributed by atoms with E-state index in [1.165, 1.54) is 17.0 Å². The standard InChI is InChI=1S/C28H31Cl2N3O4S/c1-4-20(2)31-28(35)21(3)32(18-24-25(29)16-11-17-26(24)30)27(34)19-33(22-12-7-5-8-13-22)38(36,37)23-14-9-6-10-15-23/h5-17,20-21H,4,18-19H2,1-3H3,(H,31,35)/t20-,21-/m0/s1. The first-order valence-electron chi connectivity index (χ1n) is 12.2. The van der Waals surface area contributed by atoms with E-state index in [0.717, 1.165) is 4.31 Å². The molecule has 202 valence electrons. The van der Waals surface area contributed by atoms with Crippen LogP contribution in [0.5, 0.6) is 0 Å². The molecule has 0 spiro atoms. The monoisotopic (exact) mass is 575 g/mol. The fourth-order valence-electron chi connectivity index (χ4n) is 3.74. The molecule has 0 heterocycles. The highest BCUT2D eigenvalue weighted by molar-refractivity contribution is 7.92. The highest BCUT2D eigenvalue weighted by Gasteiger charge is 2.33. The summed E-state index contributed by atoms with van der Waals surface area (Å²) in [6.45, 7) is 4.78. The fourth-order valence-corrected chi connectivity index (χ4v) is 5.70. The lowest BCUT2D eigenvalue weighted by atomic mass is 10.1. The van der Waals surface area contributed by atoms with Gasteiger partial charge >= 0.3 is 0 Å². The molecule has 0 fully saturated rings. The largest absolute Gasteiger partial charge is 0.352 e. The number of sulfonamides is 1. The number of nitrogens with one attached hydrogen (secondary N) is 1. The summed E-state index contributed by atoms with van der Waals surface area (Å²) < 4.78 is 28.4. The van der Waals surface area contributed by atoms with Crippen LogP contribution in [0.1, 0.15) is 32.8 Å². The Morgan fingerprint density at radius 3 is 1.97 bits per heavy atom. The van der Waals surface area contributed by atoms with E-state index in [9.17, 15) is 18.0 Å². The van der Waals surface area contributed by atoms with Crippen LogP contribution in [0.2, 0.25) is 10.0 Å². The molecule has 38 heavy (non-hydrogen) atoms. The lowest BCUT2D eigenvalue weighted by molar-refractivity contribution is -0.139. The van der Waals surface area contributed by atoms with Crippen LogP contribution in [0.15, 0.2) is 83.8 Å². The van der Waals surface area contributed by atoms with Gasteiger partial charge in [0.25, 0.3) is 10.0 Å². The minimum atomic E-state index is -4.11. The third kappa shape index (κ3) is 7.07. The smallest absolute Gasteiger partial charge is 0.264 e. The van der Waals surface area contributed by atoms with Crippen molar-refractivity contribution in [2.45, 2.75) is 50.7 Å². The molecule has 1 N–H and O–H groups in total. The van der Waals surface area contributed by atoms with Crippen LogP contribution in [0.3, 0.4) is 0 Å². The van der Waals surface area contributed by atoms with Gasteiger partial charge in [-0.15, -0.1) is 0 Å². The number of hydrogen-bond donors (Lipinski definition) is 1. The van der Waals surface area contributed by atoms with Gasteiger partial charge < -0.3 is 10.2 Å². The number of carbonyl (C=O) groups excluding carboxylic acids is 2. The van der Waals surface area contributed by atoms with Crippen LogP contribution in [0.25, 0.3) is 0 Å². The maximum Gasteiger partial charge on any atom is 0.264 e. The van der Waals surface area contributed by atoms with Crippen LogP contribution in [0, 0.1) is 0 Å². The first kappa shape index (κ1) is 29.5. The number of carbonyl (C=O) groups is 2. The van der Waals surface area contributed by atoms with Crippen molar-refractivity contribution in [3.63, 3.8) is 0 Å². The Labute approximate surface area is 234 Å². The van der Waals surface area contributed by atoms with Crippen molar-refractivity contribution < 1.29 is 18.0 Å². The number of anilines is 1. The van der Waals surface area contributed by atoms with Gasteiger partial charge in [0, 0.05) is 28.2 Å². The molecule has 0 aliphatic rings. The number of hydrogen-bond acceptors (Lipinski definition) is 4. The van der Waals surface area contributed by atoms with Crippen LogP contribution >= 0.6 is 23.2 Å². The van der Waals surface area contributed by atoms with Crippen LogP contribution in [0.4, 0.5) is 5.69 Å². The van der Waals surface area contributed by atoms with Crippen molar-refractivity contribution in [2.75, 3.05) is 10.8 Å². The molecule has 0 saturated carbocycles. The Bertz CT molecular complexity index is 1330. The van der Waals surface area contributed by atoms with Gasteiger partial charge in [-0.1, -0.05) is 72.6 Å². The van der Waals surface area contributed by atoms with Crippen LogP contribution in [-0.4, -0.2) is 43.8 Å². The lowest BCUT2D eigenvalue weighted by Crippen LogP contribution is -2.52. The minimum absolute atomic E-state index is 0.0416. The van der Waals surface area contributed by atoms with E-state index in [1.54, 1.807) is 73.7 Å². The molecule has 0 aliphatic heterocycles. The number of para-hydroxylation sites is 1. The summed E-state index contributed by atoms with van der Waals surface area (Å²) in [4.78, 5) is 28.3. The van der Waals surface area contributed by atoms with E-state index in [2.05, 4.69) is 5.32 Å². The van der Waals surface area contributed by atoms with Gasteiger partial charge in [0.2, 0.25) is 11.8 Å². The van der Waals surface area contributed by atoms with E-state index in [-0.39, 0.29) is 23.4 Å². The summed E-state index contributed by atoms with van der Waals surface area (Å²) in [7, 11) is -4.11. The molecule has 7 nitrogen and oxygen atoms in total. The maximum absolute atomic E-state index is 13.9. The Kier molecular flexibility index (Phi) is 10.2. The van der Waals surface area contributed by atoms with Crippen molar-refractivity contribution >= 4 is 50.7 Å². The van der Waals surface area contributed by atoms with Gasteiger partial charge in [0.1, 0.15) is 12.6 Å². The first-order chi connectivity index (χ1) is 18.1. The van der Waals surface area contributed by atoms with Gasteiger partial charge in [-0.25, -0.2) is 8.42 Å². The van der Waals surface area contributed by atoms with Crippen LogP contribution in [-0.2, 0) is 26.2 Å². The topological polar surface area (TPSA) is 86.8 Å². The molecule has 3 rings (SSSR count). The predicted molar refractivity (Wildman–Crippen MR) is 152 cm³/mol. The maximum atomic E-state index is 13.9. The van der Waals surface area contributed by atoms with E-state index in [1.807, 2.05) is 13.8 Å². The normalized spacial score (nSPS) is 12.9. The van der Waals surface area contributed by atoms with Gasteiger partial charge in [-0.05, 0) is 56.7 Å². The molecule has 3 aromatic rings. The molecule has 0 radical (unpaired) electrons. The molecule has 3 aromatic carbocycles. The lowest BCUT2D eigenvalue weighted by Gasteiger charge is -2.32. The molecular weight excluding hydrogens is 545 g/mol. The Morgan fingerprint density at radius 1 is 0.868 bits per heavy atom. The molecule has 10 heteroatoms. The molecule has 2 amide bonds. The molecule has 0 aliphatic carbocycles. The van der Waals surface area contributed by atoms with Gasteiger partial charge in [-0.2, -0.15) is 0 Å². The number of amides is 2. The summed E-state index contributed by atoms with van der Waals surface area (Å²) in [5.74, 6) is -0.954. The molecule has 2 atom stereocenters. The minimum Gasteiger partial charge on any atom is -0.352 e. The van der Waals surface area contributed by atoms with Crippen molar-refractivity contribution in [3.8, 4) is 0 Å². The third-order valence-corrected chi connectivity index (χ3v) is 8.71. The van der Waals surface area contributed by atoms with Crippen molar-refractivity contribution in [2.24, 2.45) is 0 Å². The Balaban J connectivity index is 2.03. The zero-order valence-corrected chi connectivity index (χ0v) is 23.8. The van der Waals surface area contributed by atoms with Crippen molar-refractivity contribution in [1.29, 1.82) is 0 Å². The highest BCUT2D eigenvalue weighted by atomic mass is 35.5. The quantitative estimate of drug-likeness (QED) is 0.326. The van der Waals surface area contributed by atoms with E-state index in [0.29, 0.717) is 27.7 Å². The van der Waals surface area contributed by atoms with E-state index in [4.69, 9.17) is 23.2 Å². The average Bonchev–Trinajstić information content (AvgIpc) is 2.91. The Morgan fingerprint density at radius 2 is 1.42 bits per heavy atom. The Hall–Kier alpha value is -3.07. The number of benzene rings is 3. The molecule has 0 bridgehead atoms. The number of rotatable bonds is 11. The second-order valence-electron chi connectivity index (χ2n) is 8.88. The molecule has 0 saturated heterocycles. The summed E-state index contributed by atoms with van der Waals surface area (Å²) in [5.41, 5.74) is 0.779. The van der Waals surface area contributed by atoms with Crippen LogP contribution < -0.4 is 9.62 Å². The third-order valence-electron chi connectivity index (χ3n) is 6.21. The average molecular weight is 577 g/mol. The van der Waals surface area contributed by atoms with Crippen molar-refractivity contribution in [3.05, 3.63) is 94.5 Å². The van der Waals surface area contributed by atoms with Gasteiger partial charge in [-0.3, -0.25) is 13.9 Å². The van der Waals surface area contributed by atoms with E-state index >= 15 is 0 Å². The predicted octanol–water partition coefficient (Wildman–Crippen LogP) is 5.52. The SMILES string of the molecule is CC[C@H](C)NC(=O)[C@H](C)N(Cc1c(Cl)cccc1Cl)C(=O)CN(c1ccccc1)S(=O)(=O)c1ccccc1. The number of nitrogens with zero attached hydrogens (tertiary/aromatic N) is 2. The summed E-state index contributed by atoms with van der Waals surface area (Å²) in [6, 6.07) is 20.2.